The molecule has 1 saturated heterocycles. The number of anilines is 2. The Balaban J connectivity index is 1.22. The van der Waals surface area contributed by atoms with Gasteiger partial charge in [0, 0.05) is 69.0 Å². The number of hydrogen-bond acceptors (Lipinski definition) is 8. The van der Waals surface area contributed by atoms with Crippen molar-refractivity contribution in [1.29, 1.82) is 0 Å². The Kier molecular flexibility index (Phi) is 4.58. The van der Waals surface area contributed by atoms with Crippen molar-refractivity contribution >= 4 is 23.1 Å². The van der Waals surface area contributed by atoms with Crippen LogP contribution in [-0.4, -0.2) is 52.8 Å². The van der Waals surface area contributed by atoms with E-state index in [2.05, 4.69) is 19.9 Å². The van der Waals surface area contributed by atoms with Crippen LogP contribution in [0.1, 0.15) is 0 Å². The predicted molar refractivity (Wildman–Crippen MR) is 125 cm³/mol. The molecule has 0 spiro atoms. The van der Waals surface area contributed by atoms with E-state index in [4.69, 9.17) is 9.15 Å². The van der Waals surface area contributed by atoms with E-state index in [-0.39, 0.29) is 17.2 Å². The second kappa shape index (κ2) is 7.54. The second-order valence-corrected chi connectivity index (χ2v) is 8.86. The van der Waals surface area contributed by atoms with Crippen molar-refractivity contribution in [2.45, 2.75) is 6.04 Å². The van der Waals surface area contributed by atoms with Crippen LogP contribution in [-0.2, 0) is 7.05 Å². The van der Waals surface area contributed by atoms with Gasteiger partial charge in [-0.2, -0.15) is 4.98 Å². The highest BCUT2D eigenvalue weighted by Gasteiger charge is 2.59. The number of benzene rings is 1. The van der Waals surface area contributed by atoms with E-state index >= 15 is 0 Å². The molecule has 9 nitrogen and oxygen atoms in total. The summed E-state index contributed by atoms with van der Waals surface area (Å²) in [5, 5.41) is 0. The summed E-state index contributed by atoms with van der Waals surface area (Å²) in [5.74, 6) is 1.54. The molecule has 3 aromatic heterocycles. The molecule has 1 aliphatic heterocycles. The van der Waals surface area contributed by atoms with E-state index in [0.29, 0.717) is 29.5 Å². The molecule has 0 bridgehead atoms. The van der Waals surface area contributed by atoms with Crippen molar-refractivity contribution in [3.8, 4) is 17.0 Å². The first-order valence-electron chi connectivity index (χ1n) is 11.0. The number of ether oxygens (including phenoxy) is 1. The Morgan fingerprint density at radius 2 is 1.97 bits per heavy atom. The first kappa shape index (κ1) is 20.6. The number of rotatable bonds is 5. The molecule has 1 aliphatic carbocycles. The van der Waals surface area contributed by atoms with Gasteiger partial charge in [0.1, 0.15) is 11.3 Å². The maximum atomic E-state index is 14.3. The number of hydrogen-bond donors (Lipinski definition) is 0. The van der Waals surface area contributed by atoms with Crippen molar-refractivity contribution in [2.75, 3.05) is 37.0 Å². The second-order valence-electron chi connectivity index (χ2n) is 8.86. The third-order valence-electron chi connectivity index (χ3n) is 6.93. The summed E-state index contributed by atoms with van der Waals surface area (Å²) in [5.41, 5.74) is 1.82. The highest BCUT2D eigenvalue weighted by Crippen LogP contribution is 2.50. The van der Waals surface area contributed by atoms with Gasteiger partial charge in [-0.25, -0.2) is 9.37 Å². The smallest absolute Gasteiger partial charge is 0.298 e. The van der Waals surface area contributed by atoms with Gasteiger partial charge in [0.25, 0.3) is 11.6 Å². The molecule has 174 valence electrons. The van der Waals surface area contributed by atoms with E-state index in [0.717, 1.165) is 36.1 Å². The first-order chi connectivity index (χ1) is 16.4. The zero-order valence-electron chi connectivity index (χ0n) is 19.0. The van der Waals surface area contributed by atoms with Crippen LogP contribution in [0.25, 0.3) is 22.4 Å². The van der Waals surface area contributed by atoms with Crippen LogP contribution in [0.2, 0.25) is 0 Å². The summed E-state index contributed by atoms with van der Waals surface area (Å²) in [6, 6.07) is 9.30. The minimum atomic E-state index is -0.508. The Morgan fingerprint density at radius 3 is 2.71 bits per heavy atom. The Hall–Kier alpha value is -3.95. The lowest BCUT2D eigenvalue weighted by Crippen LogP contribution is -2.36. The number of piperidine rings is 1. The van der Waals surface area contributed by atoms with Crippen LogP contribution in [0.5, 0.6) is 5.75 Å². The van der Waals surface area contributed by atoms with Crippen molar-refractivity contribution in [1.82, 2.24) is 19.5 Å². The minimum Gasteiger partial charge on any atom is -0.497 e. The molecule has 34 heavy (non-hydrogen) atoms. The number of methoxy groups -OCH3 is 1. The van der Waals surface area contributed by atoms with Crippen LogP contribution in [0.3, 0.4) is 0 Å². The SMILES string of the molecule is COc1ccc2oc(N3C[C@@H]4[C@H](C3)[C@@H]4N(C)c3nc(-c4ccncc4F)cc(=O)n3C)nc2c1. The number of pyridine rings is 1. The zero-order valence-corrected chi connectivity index (χ0v) is 19.0. The van der Waals surface area contributed by atoms with Gasteiger partial charge in [-0.1, -0.05) is 0 Å². The van der Waals surface area contributed by atoms with Crippen molar-refractivity contribution < 1.29 is 13.5 Å². The fraction of sp³-hybridized carbons (Fsp3) is 0.333. The number of nitrogens with zero attached hydrogens (tertiary/aromatic N) is 6. The standard InChI is InChI=1S/C24H23FN6O3/c1-29-21(32)9-18(14-6-7-26-10-17(14)25)27-23(29)30(2)22-15-11-31(12-16(15)22)24-28-19-8-13(33-3)4-5-20(19)34-24/h4-10,15-16,22H,11-12H2,1-3H3/t15-,16+,22-. The molecular weight excluding hydrogens is 439 g/mol. The highest BCUT2D eigenvalue weighted by molar-refractivity contribution is 5.76. The monoisotopic (exact) mass is 462 g/mol. The maximum Gasteiger partial charge on any atom is 0.298 e. The fourth-order valence-electron chi connectivity index (χ4n) is 5.08. The van der Waals surface area contributed by atoms with Gasteiger partial charge in [-0.05, 0) is 18.2 Å². The zero-order chi connectivity index (χ0) is 23.6. The van der Waals surface area contributed by atoms with Gasteiger partial charge in [-0.15, -0.1) is 0 Å². The summed E-state index contributed by atoms with van der Waals surface area (Å²) < 4.78 is 27.0. The topological polar surface area (TPSA) is 89.5 Å². The molecule has 0 N–H and O–H groups in total. The molecule has 6 rings (SSSR count). The maximum absolute atomic E-state index is 14.3. The summed E-state index contributed by atoms with van der Waals surface area (Å²) in [7, 11) is 5.25. The molecule has 0 unspecified atom stereocenters. The van der Waals surface area contributed by atoms with Gasteiger partial charge >= 0.3 is 0 Å². The van der Waals surface area contributed by atoms with E-state index in [1.807, 2.05) is 30.1 Å². The van der Waals surface area contributed by atoms with Gasteiger partial charge in [-0.3, -0.25) is 14.3 Å². The Bertz CT molecular complexity index is 1450. The van der Waals surface area contributed by atoms with E-state index in [9.17, 15) is 9.18 Å². The lowest BCUT2D eigenvalue weighted by Gasteiger charge is -2.25. The van der Waals surface area contributed by atoms with Gasteiger partial charge in [0.05, 0.1) is 19.0 Å². The van der Waals surface area contributed by atoms with E-state index in [1.54, 1.807) is 14.2 Å². The van der Waals surface area contributed by atoms with E-state index in [1.165, 1.54) is 22.9 Å². The fourth-order valence-corrected chi connectivity index (χ4v) is 5.08. The molecule has 2 aliphatic rings. The summed E-state index contributed by atoms with van der Waals surface area (Å²) in [6.07, 6.45) is 2.61. The lowest BCUT2D eigenvalue weighted by molar-refractivity contribution is 0.415. The van der Waals surface area contributed by atoms with Crippen LogP contribution >= 0.6 is 0 Å². The molecule has 3 atom stereocenters. The summed E-state index contributed by atoms with van der Waals surface area (Å²) in [6.45, 7) is 1.60. The molecule has 4 aromatic rings. The average molecular weight is 462 g/mol. The number of halogens is 1. The van der Waals surface area contributed by atoms with Gasteiger partial charge < -0.3 is 19.0 Å². The van der Waals surface area contributed by atoms with Crippen molar-refractivity contribution in [2.24, 2.45) is 18.9 Å². The quantitative estimate of drug-likeness (QED) is 0.447. The molecule has 1 aromatic carbocycles. The molecule has 2 fully saturated rings. The summed E-state index contributed by atoms with van der Waals surface area (Å²) >= 11 is 0. The number of fused-ring (bicyclic) bond motifs is 2. The highest BCUT2D eigenvalue weighted by atomic mass is 19.1. The first-order valence-corrected chi connectivity index (χ1v) is 11.0. The molecule has 0 amide bonds. The Labute approximate surface area is 194 Å². The molecule has 10 heteroatoms. The van der Waals surface area contributed by atoms with Gasteiger partial charge in [0.2, 0.25) is 5.95 Å². The van der Waals surface area contributed by atoms with E-state index < -0.39 is 5.82 Å². The van der Waals surface area contributed by atoms with Crippen LogP contribution < -0.4 is 20.1 Å². The van der Waals surface area contributed by atoms with Crippen LogP contribution in [0.15, 0.2) is 51.9 Å². The lowest BCUT2D eigenvalue weighted by atomic mass is 10.2. The molecule has 0 radical (unpaired) electrons. The molecular formula is C24H23FN6O3. The minimum absolute atomic E-state index is 0.233. The summed E-state index contributed by atoms with van der Waals surface area (Å²) in [4.78, 5) is 29.9. The van der Waals surface area contributed by atoms with Crippen LogP contribution in [0, 0.1) is 17.7 Å². The predicted octanol–water partition coefficient (Wildman–Crippen LogP) is 2.70. The normalized spacial score (nSPS) is 21.1. The van der Waals surface area contributed by atoms with Gasteiger partial charge in [0.15, 0.2) is 11.4 Å². The third-order valence-corrected chi connectivity index (χ3v) is 6.93. The third kappa shape index (κ3) is 3.20. The number of oxazole rings is 1. The molecule has 4 heterocycles. The van der Waals surface area contributed by atoms with Crippen molar-refractivity contribution in [3.63, 3.8) is 0 Å². The molecule has 1 saturated carbocycles. The van der Waals surface area contributed by atoms with Crippen molar-refractivity contribution in [3.05, 3.63) is 58.9 Å². The van der Waals surface area contributed by atoms with Crippen LogP contribution in [0.4, 0.5) is 16.4 Å². The Morgan fingerprint density at radius 1 is 1.18 bits per heavy atom. The largest absolute Gasteiger partial charge is 0.497 e. The number of aromatic nitrogens is 4. The average Bonchev–Trinajstić information content (AvgIpc) is 3.16.